The number of aliphatic hydroxyl groups is 1. The molecule has 2 rings (SSSR count). The van der Waals surface area contributed by atoms with Crippen molar-refractivity contribution in [2.45, 2.75) is 6.61 Å². The van der Waals surface area contributed by atoms with Crippen molar-refractivity contribution in [2.75, 3.05) is 37.3 Å². The lowest BCUT2D eigenvalue weighted by molar-refractivity contribution is 0.277. The largest absolute Gasteiger partial charge is 0.390 e. The van der Waals surface area contributed by atoms with Crippen LogP contribution in [0.4, 0.5) is 5.82 Å². The molecule has 0 saturated carbocycles. The van der Waals surface area contributed by atoms with Crippen LogP contribution in [0.3, 0.4) is 0 Å². The van der Waals surface area contributed by atoms with Crippen LogP contribution < -0.4 is 4.90 Å². The third-order valence-electron chi connectivity index (χ3n) is 3.09. The first-order valence-corrected chi connectivity index (χ1v) is 8.11. The molecule has 0 unspecified atom stereocenters. The SMILES string of the molecule is CS(=O)(=O)N1CCN(c2ccc(Cl)c(CO)n2)CC1. The van der Waals surface area contributed by atoms with Gasteiger partial charge >= 0.3 is 0 Å². The van der Waals surface area contributed by atoms with Crippen molar-refractivity contribution in [3.05, 3.63) is 22.8 Å². The summed E-state index contributed by atoms with van der Waals surface area (Å²) in [5, 5.41) is 9.57. The van der Waals surface area contributed by atoms with E-state index in [-0.39, 0.29) is 6.61 Å². The molecule has 1 saturated heterocycles. The third kappa shape index (κ3) is 3.36. The van der Waals surface area contributed by atoms with Gasteiger partial charge in [-0.15, -0.1) is 0 Å². The smallest absolute Gasteiger partial charge is 0.211 e. The van der Waals surface area contributed by atoms with Crippen LogP contribution in [-0.2, 0) is 16.6 Å². The zero-order valence-electron chi connectivity index (χ0n) is 10.6. The number of hydrogen-bond acceptors (Lipinski definition) is 5. The van der Waals surface area contributed by atoms with Gasteiger partial charge in [-0.3, -0.25) is 0 Å². The lowest BCUT2D eigenvalue weighted by atomic mass is 10.3. The molecule has 1 N–H and O–H groups in total. The maximum absolute atomic E-state index is 11.4. The molecule has 1 fully saturated rings. The summed E-state index contributed by atoms with van der Waals surface area (Å²) in [6.45, 7) is 1.82. The number of halogens is 1. The standard InChI is InChI=1S/C11H16ClN3O3S/c1-19(17,18)15-6-4-14(5-7-15)11-3-2-9(12)10(8-16)13-11/h2-3,16H,4-8H2,1H3. The van der Waals surface area contributed by atoms with Crippen LogP contribution in [0, 0.1) is 0 Å². The molecule has 0 atom stereocenters. The second kappa shape index (κ2) is 5.62. The van der Waals surface area contributed by atoms with Gasteiger partial charge in [0.25, 0.3) is 0 Å². The maximum Gasteiger partial charge on any atom is 0.211 e. The molecule has 1 aliphatic heterocycles. The van der Waals surface area contributed by atoms with Crippen LogP contribution >= 0.6 is 11.6 Å². The minimum Gasteiger partial charge on any atom is -0.390 e. The second-order valence-corrected chi connectivity index (χ2v) is 6.79. The van der Waals surface area contributed by atoms with Gasteiger partial charge in [0.1, 0.15) is 5.82 Å². The monoisotopic (exact) mass is 305 g/mol. The Hall–Kier alpha value is -0.890. The van der Waals surface area contributed by atoms with Crippen molar-refractivity contribution >= 4 is 27.4 Å². The highest BCUT2D eigenvalue weighted by atomic mass is 35.5. The van der Waals surface area contributed by atoms with Gasteiger partial charge in [-0.1, -0.05) is 11.6 Å². The van der Waals surface area contributed by atoms with E-state index in [1.807, 2.05) is 4.90 Å². The van der Waals surface area contributed by atoms with E-state index >= 15 is 0 Å². The predicted molar refractivity (Wildman–Crippen MR) is 73.8 cm³/mol. The molecule has 0 radical (unpaired) electrons. The van der Waals surface area contributed by atoms with E-state index in [1.54, 1.807) is 12.1 Å². The normalized spacial score (nSPS) is 17.7. The van der Waals surface area contributed by atoms with Crippen molar-refractivity contribution in [2.24, 2.45) is 0 Å². The summed E-state index contributed by atoms with van der Waals surface area (Å²) in [7, 11) is -3.13. The van der Waals surface area contributed by atoms with Gasteiger partial charge in [0.15, 0.2) is 0 Å². The Labute approximate surface area is 117 Å². The van der Waals surface area contributed by atoms with Crippen molar-refractivity contribution in [3.8, 4) is 0 Å². The highest BCUT2D eigenvalue weighted by molar-refractivity contribution is 7.88. The van der Waals surface area contributed by atoms with Crippen LogP contribution in [0.5, 0.6) is 0 Å². The highest BCUT2D eigenvalue weighted by Crippen LogP contribution is 2.20. The first-order valence-electron chi connectivity index (χ1n) is 5.88. The average Bonchev–Trinajstić information content (AvgIpc) is 2.38. The summed E-state index contributed by atoms with van der Waals surface area (Å²) in [6.07, 6.45) is 1.22. The zero-order valence-corrected chi connectivity index (χ0v) is 12.2. The van der Waals surface area contributed by atoms with Gasteiger partial charge in [-0.05, 0) is 12.1 Å². The first kappa shape index (κ1) is 14.5. The van der Waals surface area contributed by atoms with E-state index in [0.717, 1.165) is 0 Å². The summed E-state index contributed by atoms with van der Waals surface area (Å²) in [5.74, 6) is 0.710. The van der Waals surface area contributed by atoms with Crippen molar-refractivity contribution in [1.82, 2.24) is 9.29 Å². The third-order valence-corrected chi connectivity index (χ3v) is 4.73. The number of anilines is 1. The fourth-order valence-electron chi connectivity index (χ4n) is 2.01. The molecule has 0 spiro atoms. The van der Waals surface area contributed by atoms with Gasteiger partial charge in [0.2, 0.25) is 10.0 Å². The molecule has 1 aliphatic rings. The van der Waals surface area contributed by atoms with Crippen molar-refractivity contribution < 1.29 is 13.5 Å². The van der Waals surface area contributed by atoms with E-state index in [9.17, 15) is 8.42 Å². The fourth-order valence-corrected chi connectivity index (χ4v) is 3.00. The number of nitrogens with zero attached hydrogens (tertiary/aromatic N) is 3. The number of pyridine rings is 1. The molecule has 1 aromatic rings. The molecule has 2 heterocycles. The molecule has 19 heavy (non-hydrogen) atoms. The molecule has 1 aromatic heterocycles. The van der Waals surface area contributed by atoms with E-state index in [2.05, 4.69) is 4.98 Å². The fraction of sp³-hybridized carbons (Fsp3) is 0.545. The Bertz CT molecular complexity index is 556. The molecule has 0 aromatic carbocycles. The van der Waals surface area contributed by atoms with Gasteiger partial charge < -0.3 is 10.0 Å². The van der Waals surface area contributed by atoms with Crippen LogP contribution in [0.15, 0.2) is 12.1 Å². The molecule has 106 valence electrons. The Kier molecular flexibility index (Phi) is 4.29. The lowest BCUT2D eigenvalue weighted by Crippen LogP contribution is -2.48. The molecule has 6 nitrogen and oxygen atoms in total. The molecule has 0 bridgehead atoms. The Morgan fingerprint density at radius 3 is 2.47 bits per heavy atom. The zero-order chi connectivity index (χ0) is 14.0. The number of piperazine rings is 1. The summed E-state index contributed by atoms with van der Waals surface area (Å²) in [4.78, 5) is 6.26. The second-order valence-electron chi connectivity index (χ2n) is 4.41. The average molecular weight is 306 g/mol. The quantitative estimate of drug-likeness (QED) is 0.870. The molecule has 8 heteroatoms. The van der Waals surface area contributed by atoms with Crippen molar-refractivity contribution in [1.29, 1.82) is 0 Å². The highest BCUT2D eigenvalue weighted by Gasteiger charge is 2.24. The Morgan fingerprint density at radius 1 is 1.32 bits per heavy atom. The first-order chi connectivity index (χ1) is 8.91. The minimum absolute atomic E-state index is 0.212. The Balaban J connectivity index is 2.10. The van der Waals surface area contributed by atoms with E-state index in [0.29, 0.717) is 42.7 Å². The van der Waals surface area contributed by atoms with Crippen molar-refractivity contribution in [3.63, 3.8) is 0 Å². The minimum atomic E-state index is -3.13. The number of rotatable bonds is 3. The topological polar surface area (TPSA) is 73.7 Å². The van der Waals surface area contributed by atoms with Gasteiger partial charge in [0, 0.05) is 26.2 Å². The van der Waals surface area contributed by atoms with E-state index in [1.165, 1.54) is 10.6 Å². The predicted octanol–water partition coefficient (Wildman–Crippen LogP) is 0.309. The number of hydrogen-bond donors (Lipinski definition) is 1. The van der Waals surface area contributed by atoms with E-state index in [4.69, 9.17) is 16.7 Å². The Morgan fingerprint density at radius 2 is 1.95 bits per heavy atom. The van der Waals surface area contributed by atoms with Crippen LogP contribution in [0.25, 0.3) is 0 Å². The molecule has 0 amide bonds. The van der Waals surface area contributed by atoms with Crippen LogP contribution in [0.1, 0.15) is 5.69 Å². The van der Waals surface area contributed by atoms with Gasteiger partial charge in [0.05, 0.1) is 23.6 Å². The summed E-state index contributed by atoms with van der Waals surface area (Å²) >= 11 is 5.89. The lowest BCUT2D eigenvalue weighted by Gasteiger charge is -2.34. The van der Waals surface area contributed by atoms with Crippen LogP contribution in [0.2, 0.25) is 5.02 Å². The number of aliphatic hydroxyl groups excluding tert-OH is 1. The summed E-state index contributed by atoms with van der Waals surface area (Å²) in [6, 6.07) is 3.47. The maximum atomic E-state index is 11.4. The summed E-state index contributed by atoms with van der Waals surface area (Å²) in [5.41, 5.74) is 0.435. The molecule has 0 aliphatic carbocycles. The van der Waals surface area contributed by atoms with Gasteiger partial charge in [-0.2, -0.15) is 4.31 Å². The van der Waals surface area contributed by atoms with E-state index < -0.39 is 10.0 Å². The number of aromatic nitrogens is 1. The van der Waals surface area contributed by atoms with Gasteiger partial charge in [-0.25, -0.2) is 13.4 Å². The molecular formula is C11H16ClN3O3S. The number of sulfonamides is 1. The van der Waals surface area contributed by atoms with Crippen LogP contribution in [-0.4, -0.2) is 55.2 Å². The summed E-state index contributed by atoms with van der Waals surface area (Å²) < 4.78 is 24.3. The molecular weight excluding hydrogens is 290 g/mol.